The number of carbonyl (C=O) groups excluding carboxylic acids is 1. The molecule has 3 rings (SSSR count). The summed E-state index contributed by atoms with van der Waals surface area (Å²) in [4.78, 5) is 21.3. The molecule has 144 valence electrons. The average Bonchev–Trinajstić information content (AvgIpc) is 2.73. The molecular formula is C22H29N3O2. The lowest BCUT2D eigenvalue weighted by Gasteiger charge is -2.30. The molecule has 1 aliphatic rings. The Morgan fingerprint density at radius 2 is 1.85 bits per heavy atom. The number of likely N-dealkylation sites (tertiary alicyclic amines) is 1. The molecule has 0 radical (unpaired) electrons. The van der Waals surface area contributed by atoms with Crippen LogP contribution in [0.5, 0.6) is 5.75 Å². The number of carbonyl (C=O) groups is 1. The van der Waals surface area contributed by atoms with Crippen LogP contribution in [0.4, 0.5) is 5.82 Å². The second kappa shape index (κ2) is 8.42. The van der Waals surface area contributed by atoms with E-state index in [4.69, 9.17) is 4.74 Å². The largest absolute Gasteiger partial charge is 0.497 e. The summed E-state index contributed by atoms with van der Waals surface area (Å²) in [6.45, 7) is 6.07. The Kier molecular flexibility index (Phi) is 5.99. The van der Waals surface area contributed by atoms with Crippen LogP contribution in [0.2, 0.25) is 0 Å². The van der Waals surface area contributed by atoms with Crippen LogP contribution in [0, 0.1) is 5.92 Å². The number of hydrogen-bond acceptors (Lipinski definition) is 4. The van der Waals surface area contributed by atoms with Gasteiger partial charge in [0.2, 0.25) is 0 Å². The number of amides is 1. The van der Waals surface area contributed by atoms with Crippen molar-refractivity contribution in [3.63, 3.8) is 0 Å². The van der Waals surface area contributed by atoms with Crippen molar-refractivity contribution < 1.29 is 9.53 Å². The Morgan fingerprint density at radius 1 is 1.19 bits per heavy atom. The Morgan fingerprint density at radius 3 is 2.41 bits per heavy atom. The van der Waals surface area contributed by atoms with Crippen molar-refractivity contribution in [2.24, 2.45) is 5.92 Å². The minimum Gasteiger partial charge on any atom is -0.497 e. The maximum Gasteiger partial charge on any atom is 0.255 e. The molecular weight excluding hydrogens is 338 g/mol. The van der Waals surface area contributed by atoms with Crippen LogP contribution >= 0.6 is 0 Å². The van der Waals surface area contributed by atoms with Gasteiger partial charge in [-0.15, -0.1) is 0 Å². The Bertz CT molecular complexity index is 750. The van der Waals surface area contributed by atoms with Crippen molar-refractivity contribution in [3.05, 3.63) is 53.7 Å². The number of anilines is 1. The van der Waals surface area contributed by atoms with E-state index in [9.17, 15) is 4.79 Å². The molecule has 1 unspecified atom stereocenters. The first-order chi connectivity index (χ1) is 13.0. The number of benzene rings is 1. The van der Waals surface area contributed by atoms with Crippen LogP contribution < -0.4 is 9.64 Å². The van der Waals surface area contributed by atoms with E-state index in [-0.39, 0.29) is 11.9 Å². The molecule has 0 bridgehead atoms. The monoisotopic (exact) mass is 367 g/mol. The van der Waals surface area contributed by atoms with Gasteiger partial charge in [0, 0.05) is 26.3 Å². The van der Waals surface area contributed by atoms with Gasteiger partial charge in [-0.1, -0.05) is 19.1 Å². The summed E-state index contributed by atoms with van der Waals surface area (Å²) >= 11 is 0. The lowest BCUT2D eigenvalue weighted by atomic mass is 9.99. The van der Waals surface area contributed by atoms with Gasteiger partial charge >= 0.3 is 0 Å². The SMILES string of the molecule is COc1ccc(C(C)N(C)c2ccc(C(=O)N3CCC(C)CC3)cn2)cc1. The van der Waals surface area contributed by atoms with Crippen molar-refractivity contribution >= 4 is 11.7 Å². The molecule has 1 saturated heterocycles. The summed E-state index contributed by atoms with van der Waals surface area (Å²) in [7, 11) is 3.69. The minimum atomic E-state index is 0.0896. The zero-order valence-corrected chi connectivity index (χ0v) is 16.7. The molecule has 2 heterocycles. The number of rotatable bonds is 5. The highest BCUT2D eigenvalue weighted by Crippen LogP contribution is 2.26. The van der Waals surface area contributed by atoms with E-state index in [1.54, 1.807) is 13.3 Å². The van der Waals surface area contributed by atoms with Crippen molar-refractivity contribution in [2.45, 2.75) is 32.7 Å². The predicted molar refractivity (Wildman–Crippen MR) is 108 cm³/mol. The van der Waals surface area contributed by atoms with Gasteiger partial charge in [0.25, 0.3) is 5.91 Å². The van der Waals surface area contributed by atoms with E-state index in [0.717, 1.165) is 37.5 Å². The summed E-state index contributed by atoms with van der Waals surface area (Å²) in [6.07, 6.45) is 3.87. The lowest BCUT2D eigenvalue weighted by Crippen LogP contribution is -2.38. The fraction of sp³-hybridized carbons (Fsp3) is 0.455. The van der Waals surface area contributed by atoms with E-state index < -0.39 is 0 Å². The van der Waals surface area contributed by atoms with Gasteiger partial charge in [-0.05, 0) is 55.5 Å². The minimum absolute atomic E-state index is 0.0896. The first kappa shape index (κ1) is 19.2. The van der Waals surface area contributed by atoms with Gasteiger partial charge in [-0.2, -0.15) is 0 Å². The highest BCUT2D eigenvalue weighted by Gasteiger charge is 2.22. The molecule has 0 saturated carbocycles. The molecule has 27 heavy (non-hydrogen) atoms. The summed E-state index contributed by atoms with van der Waals surface area (Å²) in [5, 5.41) is 0. The molecule has 5 nitrogen and oxygen atoms in total. The van der Waals surface area contributed by atoms with Crippen LogP contribution in [-0.2, 0) is 0 Å². The van der Waals surface area contributed by atoms with Gasteiger partial charge in [0.1, 0.15) is 11.6 Å². The maximum atomic E-state index is 12.7. The molecule has 5 heteroatoms. The van der Waals surface area contributed by atoms with E-state index in [0.29, 0.717) is 11.5 Å². The van der Waals surface area contributed by atoms with Gasteiger partial charge in [-0.25, -0.2) is 4.98 Å². The normalized spacial score (nSPS) is 16.1. The zero-order chi connectivity index (χ0) is 19.4. The fourth-order valence-electron chi connectivity index (χ4n) is 3.42. The quantitative estimate of drug-likeness (QED) is 0.796. The summed E-state index contributed by atoms with van der Waals surface area (Å²) in [5.74, 6) is 2.50. The van der Waals surface area contributed by atoms with Crippen molar-refractivity contribution in [2.75, 3.05) is 32.1 Å². The fourth-order valence-corrected chi connectivity index (χ4v) is 3.42. The van der Waals surface area contributed by atoms with Gasteiger partial charge in [0.05, 0.1) is 18.7 Å². The number of pyridine rings is 1. The van der Waals surface area contributed by atoms with Crippen LogP contribution in [-0.4, -0.2) is 43.0 Å². The number of hydrogen-bond donors (Lipinski definition) is 0. The number of nitrogens with zero attached hydrogens (tertiary/aromatic N) is 3. The van der Waals surface area contributed by atoms with E-state index in [2.05, 4.69) is 35.9 Å². The summed E-state index contributed by atoms with van der Waals surface area (Å²) in [5.41, 5.74) is 1.85. The third-order valence-electron chi connectivity index (χ3n) is 5.61. The number of piperidine rings is 1. The topological polar surface area (TPSA) is 45.7 Å². The number of ether oxygens (including phenoxy) is 1. The third kappa shape index (κ3) is 4.41. The second-order valence-electron chi connectivity index (χ2n) is 7.44. The van der Waals surface area contributed by atoms with E-state index >= 15 is 0 Å². The number of aromatic nitrogens is 1. The standard InChI is InChI=1S/C22H29N3O2/c1-16-11-13-25(14-12-16)22(26)19-7-10-21(23-15-19)24(3)17(2)18-5-8-20(27-4)9-6-18/h5-10,15-17H,11-14H2,1-4H3. The molecule has 2 aromatic rings. The van der Waals surface area contributed by atoms with Crippen LogP contribution in [0.15, 0.2) is 42.6 Å². The average molecular weight is 367 g/mol. The molecule has 1 amide bonds. The van der Waals surface area contributed by atoms with Crippen molar-refractivity contribution in [1.29, 1.82) is 0 Å². The zero-order valence-electron chi connectivity index (χ0n) is 16.7. The van der Waals surface area contributed by atoms with Crippen LogP contribution in [0.3, 0.4) is 0 Å². The molecule has 0 N–H and O–H groups in total. The highest BCUT2D eigenvalue weighted by atomic mass is 16.5. The molecule has 1 aromatic carbocycles. The molecule has 0 aliphatic carbocycles. The Hall–Kier alpha value is -2.56. The molecule has 1 fully saturated rings. The predicted octanol–water partition coefficient (Wildman–Crippen LogP) is 4.16. The van der Waals surface area contributed by atoms with Crippen LogP contribution in [0.1, 0.15) is 48.7 Å². The van der Waals surface area contributed by atoms with Crippen molar-refractivity contribution in [1.82, 2.24) is 9.88 Å². The molecule has 1 aliphatic heterocycles. The third-order valence-corrected chi connectivity index (χ3v) is 5.61. The Labute approximate surface area is 162 Å². The van der Waals surface area contributed by atoms with E-state index in [1.165, 1.54) is 5.56 Å². The first-order valence-corrected chi connectivity index (χ1v) is 9.61. The lowest BCUT2D eigenvalue weighted by molar-refractivity contribution is 0.0697. The van der Waals surface area contributed by atoms with Gasteiger partial charge in [-0.3, -0.25) is 4.79 Å². The maximum absolute atomic E-state index is 12.7. The summed E-state index contributed by atoms with van der Waals surface area (Å²) < 4.78 is 5.22. The summed E-state index contributed by atoms with van der Waals surface area (Å²) in [6, 6.07) is 12.0. The first-order valence-electron chi connectivity index (χ1n) is 9.61. The second-order valence-corrected chi connectivity index (χ2v) is 7.44. The molecule has 0 spiro atoms. The Balaban J connectivity index is 1.67. The van der Waals surface area contributed by atoms with Crippen molar-refractivity contribution in [3.8, 4) is 5.75 Å². The van der Waals surface area contributed by atoms with E-state index in [1.807, 2.05) is 36.2 Å². The van der Waals surface area contributed by atoms with Gasteiger partial charge < -0.3 is 14.5 Å². The molecule has 1 atom stereocenters. The van der Waals surface area contributed by atoms with Crippen LogP contribution in [0.25, 0.3) is 0 Å². The molecule has 1 aromatic heterocycles. The smallest absolute Gasteiger partial charge is 0.255 e. The van der Waals surface area contributed by atoms with Gasteiger partial charge in [0.15, 0.2) is 0 Å². The number of methoxy groups -OCH3 is 1. The highest BCUT2D eigenvalue weighted by molar-refractivity contribution is 5.94.